The van der Waals surface area contributed by atoms with Crippen molar-refractivity contribution in [2.45, 2.75) is 11.8 Å². The Bertz CT molecular complexity index is 880. The minimum absolute atomic E-state index is 0.181. The lowest BCUT2D eigenvalue weighted by atomic mass is 10.2. The Balaban J connectivity index is 2.05. The Morgan fingerprint density at radius 3 is 2.90 bits per heavy atom. The quantitative estimate of drug-likeness (QED) is 0.646. The molecule has 0 aliphatic rings. The number of hydrogen-bond donors (Lipinski definition) is 3. The van der Waals surface area contributed by atoms with Gasteiger partial charge in [0, 0.05) is 33.9 Å². The molecule has 4 N–H and O–H groups in total. The van der Waals surface area contributed by atoms with Crippen LogP contribution >= 0.6 is 11.3 Å². The molecule has 0 atom stereocenters. The zero-order chi connectivity index (χ0) is 14.3. The van der Waals surface area contributed by atoms with Gasteiger partial charge in [-0.25, -0.2) is 13.4 Å². The van der Waals surface area contributed by atoms with Gasteiger partial charge in [0.1, 0.15) is 4.90 Å². The first-order chi connectivity index (χ1) is 9.45. The molecule has 0 amide bonds. The van der Waals surface area contributed by atoms with Crippen LogP contribution in [0.2, 0.25) is 0 Å². The maximum Gasteiger partial charge on any atom is 0.265 e. The Morgan fingerprint density at radius 2 is 2.20 bits per heavy atom. The van der Waals surface area contributed by atoms with Crippen LogP contribution in [0.25, 0.3) is 10.9 Å². The van der Waals surface area contributed by atoms with Gasteiger partial charge in [0.05, 0.1) is 0 Å². The molecule has 0 saturated carbocycles. The Kier molecular flexibility index (Phi) is 2.91. The van der Waals surface area contributed by atoms with Crippen molar-refractivity contribution in [3.05, 3.63) is 35.5 Å². The third-order valence-corrected chi connectivity index (χ3v) is 5.14. The molecule has 2 aromatic heterocycles. The van der Waals surface area contributed by atoms with Crippen LogP contribution in [0.4, 0.5) is 10.8 Å². The second-order valence-corrected chi connectivity index (χ2v) is 7.23. The van der Waals surface area contributed by atoms with Gasteiger partial charge in [-0.1, -0.05) is 0 Å². The van der Waals surface area contributed by atoms with Gasteiger partial charge >= 0.3 is 0 Å². The molecular formula is C12H12N4O2S2. The Hall–Kier alpha value is -2.06. The summed E-state index contributed by atoms with van der Waals surface area (Å²) in [5, 5.41) is 0.951. The van der Waals surface area contributed by atoms with Crippen LogP contribution in [0.15, 0.2) is 35.5 Å². The zero-order valence-electron chi connectivity index (χ0n) is 10.5. The van der Waals surface area contributed by atoms with Crippen LogP contribution in [0.3, 0.4) is 0 Å². The summed E-state index contributed by atoms with van der Waals surface area (Å²) in [4.78, 5) is 8.03. The first kappa shape index (κ1) is 12.9. The van der Waals surface area contributed by atoms with Crippen molar-refractivity contribution >= 4 is 43.1 Å². The number of rotatable bonds is 3. The molecule has 6 nitrogen and oxygen atoms in total. The Labute approximate surface area is 119 Å². The molecule has 0 bridgehead atoms. The highest BCUT2D eigenvalue weighted by atomic mass is 32.2. The van der Waals surface area contributed by atoms with Crippen molar-refractivity contribution in [2.75, 3.05) is 10.5 Å². The van der Waals surface area contributed by atoms with Gasteiger partial charge in [-0.2, -0.15) is 0 Å². The van der Waals surface area contributed by atoms with E-state index in [9.17, 15) is 8.42 Å². The largest absolute Gasteiger partial charge is 0.399 e. The highest BCUT2D eigenvalue weighted by Gasteiger charge is 2.20. The minimum Gasteiger partial charge on any atom is -0.399 e. The summed E-state index contributed by atoms with van der Waals surface area (Å²) in [6.07, 6.45) is 3.07. The van der Waals surface area contributed by atoms with Crippen molar-refractivity contribution in [3.63, 3.8) is 0 Å². The van der Waals surface area contributed by atoms with E-state index in [2.05, 4.69) is 14.7 Å². The van der Waals surface area contributed by atoms with E-state index in [0.29, 0.717) is 21.7 Å². The van der Waals surface area contributed by atoms with Gasteiger partial charge in [-0.3, -0.25) is 4.72 Å². The molecule has 2 heterocycles. The van der Waals surface area contributed by atoms with Gasteiger partial charge < -0.3 is 10.7 Å². The smallest absolute Gasteiger partial charge is 0.265 e. The summed E-state index contributed by atoms with van der Waals surface area (Å²) >= 11 is 1.29. The fraction of sp³-hybridized carbons (Fsp3) is 0.0833. The number of sulfonamides is 1. The normalized spacial score (nSPS) is 11.8. The number of aromatic nitrogens is 2. The van der Waals surface area contributed by atoms with Crippen LogP contribution in [-0.2, 0) is 10.0 Å². The predicted octanol–water partition coefficient (Wildman–Crippen LogP) is 2.32. The fourth-order valence-corrected chi connectivity index (χ4v) is 4.00. The molecule has 3 aromatic rings. The molecule has 0 saturated heterocycles. The molecule has 3 rings (SSSR count). The van der Waals surface area contributed by atoms with Crippen LogP contribution < -0.4 is 10.5 Å². The molecule has 0 aliphatic carbocycles. The van der Waals surface area contributed by atoms with Crippen LogP contribution in [0.1, 0.15) is 4.88 Å². The summed E-state index contributed by atoms with van der Waals surface area (Å²) in [6.45, 7) is 1.87. The van der Waals surface area contributed by atoms with E-state index >= 15 is 0 Å². The number of benzene rings is 1. The minimum atomic E-state index is -3.67. The molecule has 0 fully saturated rings. The maximum atomic E-state index is 12.4. The molecule has 20 heavy (non-hydrogen) atoms. The summed E-state index contributed by atoms with van der Waals surface area (Å²) in [5.74, 6) is 0. The Morgan fingerprint density at radius 1 is 1.40 bits per heavy atom. The molecule has 104 valence electrons. The van der Waals surface area contributed by atoms with Crippen molar-refractivity contribution in [1.29, 1.82) is 0 Å². The van der Waals surface area contributed by atoms with E-state index < -0.39 is 10.0 Å². The highest BCUT2D eigenvalue weighted by molar-refractivity contribution is 7.93. The fourth-order valence-electron chi connectivity index (χ4n) is 1.91. The molecule has 0 unspecified atom stereocenters. The van der Waals surface area contributed by atoms with Gasteiger partial charge in [-0.05, 0) is 25.1 Å². The number of nitrogen functional groups attached to an aromatic ring is 1. The molecule has 0 spiro atoms. The third kappa shape index (κ3) is 2.23. The van der Waals surface area contributed by atoms with Gasteiger partial charge in [0.2, 0.25) is 0 Å². The summed E-state index contributed by atoms with van der Waals surface area (Å²) < 4.78 is 27.2. The standard InChI is InChI=1S/C12H12N4O2S2/c1-7-5-15-12(19-7)16-20(17,18)11-6-14-10-4-8(13)2-3-9(10)11/h2-6,14H,13H2,1H3,(H,15,16). The molecule has 1 aromatic carbocycles. The average Bonchev–Trinajstić information content (AvgIpc) is 2.94. The van der Waals surface area contributed by atoms with Crippen LogP contribution in [0.5, 0.6) is 0 Å². The SMILES string of the molecule is Cc1cnc(NS(=O)(=O)c2c[nH]c3cc(N)ccc23)s1. The summed E-state index contributed by atoms with van der Waals surface area (Å²) in [5.41, 5.74) is 6.93. The molecule has 0 aliphatic heterocycles. The van der Waals surface area contributed by atoms with Crippen molar-refractivity contribution < 1.29 is 8.42 Å². The number of nitrogens with zero attached hydrogens (tertiary/aromatic N) is 1. The molecule has 0 radical (unpaired) electrons. The van der Waals surface area contributed by atoms with E-state index in [-0.39, 0.29) is 4.90 Å². The number of thiazole rings is 1. The van der Waals surface area contributed by atoms with Crippen molar-refractivity contribution in [1.82, 2.24) is 9.97 Å². The number of fused-ring (bicyclic) bond motifs is 1. The number of nitrogens with two attached hydrogens (primary N) is 1. The zero-order valence-corrected chi connectivity index (χ0v) is 12.2. The van der Waals surface area contributed by atoms with E-state index in [0.717, 1.165) is 4.88 Å². The average molecular weight is 308 g/mol. The predicted molar refractivity (Wildman–Crippen MR) is 80.4 cm³/mol. The first-order valence-electron chi connectivity index (χ1n) is 5.77. The van der Waals surface area contributed by atoms with Gasteiger partial charge in [0.25, 0.3) is 10.0 Å². The number of H-pyrrole nitrogens is 1. The molecular weight excluding hydrogens is 296 g/mol. The number of aromatic amines is 1. The lowest BCUT2D eigenvalue weighted by Crippen LogP contribution is -2.12. The van der Waals surface area contributed by atoms with E-state index in [1.54, 1.807) is 24.4 Å². The second-order valence-electron chi connectivity index (χ2n) is 4.34. The first-order valence-corrected chi connectivity index (χ1v) is 8.07. The number of hydrogen-bond acceptors (Lipinski definition) is 5. The topological polar surface area (TPSA) is 101 Å². The monoisotopic (exact) mass is 308 g/mol. The summed E-state index contributed by atoms with van der Waals surface area (Å²) in [6, 6.07) is 5.05. The van der Waals surface area contributed by atoms with E-state index in [4.69, 9.17) is 5.73 Å². The highest BCUT2D eigenvalue weighted by Crippen LogP contribution is 2.27. The summed E-state index contributed by atoms with van der Waals surface area (Å²) in [7, 11) is -3.67. The van der Waals surface area contributed by atoms with Crippen LogP contribution in [-0.4, -0.2) is 18.4 Å². The number of anilines is 2. The van der Waals surface area contributed by atoms with Crippen LogP contribution in [0, 0.1) is 6.92 Å². The molecule has 8 heteroatoms. The van der Waals surface area contributed by atoms with E-state index in [1.807, 2.05) is 6.92 Å². The van der Waals surface area contributed by atoms with Crippen molar-refractivity contribution in [2.24, 2.45) is 0 Å². The van der Waals surface area contributed by atoms with Crippen molar-refractivity contribution in [3.8, 4) is 0 Å². The maximum absolute atomic E-state index is 12.4. The lowest BCUT2D eigenvalue weighted by molar-refractivity contribution is 0.602. The lowest BCUT2D eigenvalue weighted by Gasteiger charge is -2.03. The van der Waals surface area contributed by atoms with E-state index in [1.165, 1.54) is 17.5 Å². The van der Waals surface area contributed by atoms with Gasteiger partial charge in [-0.15, -0.1) is 11.3 Å². The van der Waals surface area contributed by atoms with Gasteiger partial charge in [0.15, 0.2) is 5.13 Å². The second kappa shape index (κ2) is 4.50. The number of aryl methyl sites for hydroxylation is 1. The third-order valence-electron chi connectivity index (χ3n) is 2.80. The number of nitrogens with one attached hydrogen (secondary N) is 2.